The lowest BCUT2D eigenvalue weighted by Gasteiger charge is -2.09. The van der Waals surface area contributed by atoms with Crippen LogP contribution in [0.2, 0.25) is 0 Å². The van der Waals surface area contributed by atoms with Crippen molar-refractivity contribution in [3.63, 3.8) is 0 Å². The summed E-state index contributed by atoms with van der Waals surface area (Å²) in [5.74, 6) is -0.976. The van der Waals surface area contributed by atoms with E-state index in [1.807, 2.05) is 0 Å². The number of hydrogen-bond donors (Lipinski definition) is 1. The van der Waals surface area contributed by atoms with Gasteiger partial charge in [-0.1, -0.05) is 17.6 Å². The highest BCUT2D eigenvalue weighted by Gasteiger charge is 2.11. The van der Waals surface area contributed by atoms with Gasteiger partial charge in [-0.25, -0.2) is 4.79 Å². The summed E-state index contributed by atoms with van der Waals surface area (Å²) in [7, 11) is 5.51. The van der Waals surface area contributed by atoms with Gasteiger partial charge in [-0.05, 0) is 13.0 Å². The van der Waals surface area contributed by atoms with E-state index in [4.69, 9.17) is 18.3 Å². The van der Waals surface area contributed by atoms with Crippen LogP contribution < -0.4 is 15.9 Å². The molecule has 2 N–H and O–H groups in total. The molecule has 0 saturated heterocycles. The maximum atomic E-state index is 11.1. The molecule has 1 aromatic rings. The first kappa shape index (κ1) is 13.1. The molecule has 1 rings (SSSR count). The van der Waals surface area contributed by atoms with Crippen LogP contribution in [0, 0.1) is 0 Å². The van der Waals surface area contributed by atoms with E-state index < -0.39 is 11.9 Å². The molecular weight excluding hydrogens is 221 g/mol. The van der Waals surface area contributed by atoms with E-state index in [0.29, 0.717) is 5.46 Å². The lowest BCUT2D eigenvalue weighted by Crippen LogP contribution is -2.19. The first-order valence-electron chi connectivity index (χ1n) is 5.02. The molecule has 0 spiro atoms. The normalized spacial score (nSPS) is 9.71. The highest BCUT2D eigenvalue weighted by Crippen LogP contribution is 2.15. The van der Waals surface area contributed by atoms with Gasteiger partial charge in [-0.2, -0.15) is 0 Å². The van der Waals surface area contributed by atoms with Crippen LogP contribution in [0.25, 0.3) is 0 Å². The van der Waals surface area contributed by atoms with Crippen molar-refractivity contribution in [2.45, 2.75) is 6.92 Å². The number of rotatable bonds is 5. The lowest BCUT2D eigenvalue weighted by molar-refractivity contribution is -0.145. The van der Waals surface area contributed by atoms with Crippen LogP contribution in [-0.4, -0.2) is 32.9 Å². The molecule has 0 fully saturated rings. The molecule has 5 nitrogen and oxygen atoms in total. The SMILES string of the molecule is [B]c1ccc(OCC(=O)OCC)c(C(N)=O)c1. The summed E-state index contributed by atoms with van der Waals surface area (Å²) in [5.41, 5.74) is 5.68. The van der Waals surface area contributed by atoms with Gasteiger partial charge < -0.3 is 15.2 Å². The molecule has 2 radical (unpaired) electrons. The number of esters is 1. The predicted molar refractivity (Wildman–Crippen MR) is 62.5 cm³/mol. The highest BCUT2D eigenvalue weighted by atomic mass is 16.6. The first-order valence-corrected chi connectivity index (χ1v) is 5.02. The van der Waals surface area contributed by atoms with Crippen LogP contribution in [0.15, 0.2) is 18.2 Å². The Balaban J connectivity index is 2.77. The van der Waals surface area contributed by atoms with Gasteiger partial charge in [-0.3, -0.25) is 4.79 Å². The Morgan fingerprint density at radius 1 is 1.41 bits per heavy atom. The standard InChI is InChI=1S/C11H12BNO4/c1-2-16-10(14)6-17-9-4-3-7(12)5-8(9)11(13)15/h3-5H,2,6H2,1H3,(H2,13,15). The largest absolute Gasteiger partial charge is 0.481 e. The van der Waals surface area contributed by atoms with Gasteiger partial charge in [0, 0.05) is 0 Å². The van der Waals surface area contributed by atoms with E-state index in [1.165, 1.54) is 12.1 Å². The zero-order chi connectivity index (χ0) is 12.8. The Kier molecular flexibility index (Phi) is 4.57. The van der Waals surface area contributed by atoms with Gasteiger partial charge in [0.2, 0.25) is 0 Å². The lowest BCUT2D eigenvalue weighted by atomic mass is 9.94. The number of amides is 1. The van der Waals surface area contributed by atoms with Gasteiger partial charge in [0.15, 0.2) is 6.61 Å². The van der Waals surface area contributed by atoms with Gasteiger partial charge in [0.05, 0.1) is 12.2 Å². The average molecular weight is 233 g/mol. The molecule has 88 valence electrons. The molecule has 1 amide bonds. The summed E-state index contributed by atoms with van der Waals surface area (Å²) >= 11 is 0. The molecule has 0 bridgehead atoms. The quantitative estimate of drug-likeness (QED) is 0.550. The van der Waals surface area contributed by atoms with Crippen LogP contribution in [0.3, 0.4) is 0 Å². The molecule has 1 aromatic carbocycles. The van der Waals surface area contributed by atoms with Gasteiger partial charge in [0.25, 0.3) is 5.91 Å². The molecular formula is C11H12BNO4. The van der Waals surface area contributed by atoms with Crippen LogP contribution in [0.4, 0.5) is 0 Å². The van der Waals surface area contributed by atoms with Crippen molar-refractivity contribution in [1.29, 1.82) is 0 Å². The number of primary amides is 1. The molecule has 6 heteroatoms. The van der Waals surface area contributed by atoms with Crippen molar-refractivity contribution in [2.24, 2.45) is 5.73 Å². The van der Waals surface area contributed by atoms with Crippen molar-refractivity contribution < 1.29 is 19.1 Å². The number of benzene rings is 1. The zero-order valence-corrected chi connectivity index (χ0v) is 9.43. The van der Waals surface area contributed by atoms with Crippen molar-refractivity contribution in [1.82, 2.24) is 0 Å². The summed E-state index contributed by atoms with van der Waals surface area (Å²) in [6.45, 7) is 1.68. The van der Waals surface area contributed by atoms with Crippen molar-refractivity contribution in [3.8, 4) is 5.75 Å². The smallest absolute Gasteiger partial charge is 0.344 e. The number of hydrogen-bond acceptors (Lipinski definition) is 4. The first-order chi connectivity index (χ1) is 8.04. The Bertz CT molecular complexity index is 433. The van der Waals surface area contributed by atoms with E-state index in [-0.39, 0.29) is 24.5 Å². The Morgan fingerprint density at radius 3 is 2.71 bits per heavy atom. The van der Waals surface area contributed by atoms with E-state index in [2.05, 4.69) is 4.74 Å². The second-order valence-electron chi connectivity index (χ2n) is 3.21. The van der Waals surface area contributed by atoms with Crippen LogP contribution in [0.5, 0.6) is 5.75 Å². The minimum absolute atomic E-state index is 0.134. The fourth-order valence-electron chi connectivity index (χ4n) is 1.21. The zero-order valence-electron chi connectivity index (χ0n) is 9.43. The molecule has 0 unspecified atom stereocenters. The maximum Gasteiger partial charge on any atom is 0.344 e. The van der Waals surface area contributed by atoms with Crippen molar-refractivity contribution in [2.75, 3.05) is 13.2 Å². The third-order valence-corrected chi connectivity index (χ3v) is 1.92. The topological polar surface area (TPSA) is 78.6 Å². The molecule has 0 saturated carbocycles. The van der Waals surface area contributed by atoms with Crippen molar-refractivity contribution in [3.05, 3.63) is 23.8 Å². The monoisotopic (exact) mass is 233 g/mol. The Labute approximate surface area is 100 Å². The van der Waals surface area contributed by atoms with E-state index >= 15 is 0 Å². The Morgan fingerprint density at radius 2 is 2.12 bits per heavy atom. The number of ether oxygens (including phenoxy) is 2. The molecule has 0 aliphatic carbocycles. The summed E-state index contributed by atoms with van der Waals surface area (Å²) in [5, 5.41) is 0. The van der Waals surface area contributed by atoms with E-state index in [0.717, 1.165) is 0 Å². The van der Waals surface area contributed by atoms with Crippen LogP contribution in [0.1, 0.15) is 17.3 Å². The van der Waals surface area contributed by atoms with Gasteiger partial charge in [-0.15, -0.1) is 0 Å². The molecule has 0 aromatic heterocycles. The second kappa shape index (κ2) is 5.93. The fraction of sp³-hybridized carbons (Fsp3) is 0.273. The van der Waals surface area contributed by atoms with Crippen LogP contribution >= 0.6 is 0 Å². The van der Waals surface area contributed by atoms with E-state index in [1.54, 1.807) is 13.0 Å². The fourth-order valence-corrected chi connectivity index (χ4v) is 1.21. The van der Waals surface area contributed by atoms with Crippen LogP contribution in [-0.2, 0) is 9.53 Å². The van der Waals surface area contributed by atoms with Gasteiger partial charge in [0.1, 0.15) is 13.6 Å². The maximum absolute atomic E-state index is 11.1. The minimum atomic E-state index is -0.670. The molecule has 0 heterocycles. The highest BCUT2D eigenvalue weighted by molar-refractivity contribution is 6.32. The summed E-state index contributed by atoms with van der Waals surface area (Å²) in [6, 6.07) is 4.42. The van der Waals surface area contributed by atoms with Crippen molar-refractivity contribution >= 4 is 25.2 Å². The second-order valence-corrected chi connectivity index (χ2v) is 3.21. The third-order valence-electron chi connectivity index (χ3n) is 1.92. The molecule has 17 heavy (non-hydrogen) atoms. The minimum Gasteiger partial charge on any atom is -0.481 e. The number of carbonyl (C=O) groups excluding carboxylic acids is 2. The predicted octanol–water partition coefficient (Wildman–Crippen LogP) is -0.479. The Hall–Kier alpha value is -1.98. The number of carbonyl (C=O) groups is 2. The summed E-state index contributed by atoms with van der Waals surface area (Å²) in [4.78, 5) is 22.2. The summed E-state index contributed by atoms with van der Waals surface area (Å²) in [6.07, 6.45) is 0. The number of nitrogens with two attached hydrogens (primary N) is 1. The molecule has 0 atom stereocenters. The third kappa shape index (κ3) is 3.83. The molecule has 0 aliphatic heterocycles. The summed E-state index contributed by atoms with van der Waals surface area (Å²) < 4.78 is 9.82. The average Bonchev–Trinajstić information content (AvgIpc) is 2.27. The van der Waals surface area contributed by atoms with Gasteiger partial charge >= 0.3 is 5.97 Å². The van der Waals surface area contributed by atoms with E-state index in [9.17, 15) is 9.59 Å². The molecule has 0 aliphatic rings.